The molecule has 1 aromatic rings. The number of allylic oxidation sites excluding steroid dienone is 4. The first-order chi connectivity index (χ1) is 8.82. The van der Waals surface area contributed by atoms with Gasteiger partial charge in [-0.15, -0.1) is 0 Å². The van der Waals surface area contributed by atoms with Crippen molar-refractivity contribution < 1.29 is 22.0 Å². The van der Waals surface area contributed by atoms with Crippen LogP contribution in [0.4, 0.5) is 22.0 Å². The Morgan fingerprint density at radius 3 is 2.47 bits per heavy atom. The second kappa shape index (κ2) is 4.83. The zero-order chi connectivity index (χ0) is 14.2. The van der Waals surface area contributed by atoms with Crippen molar-refractivity contribution in [3.8, 4) is 0 Å². The van der Waals surface area contributed by atoms with Crippen molar-refractivity contribution >= 4 is 12.7 Å². The molecule has 1 aliphatic rings. The molecule has 1 aromatic carbocycles. The first-order valence-corrected chi connectivity index (χ1v) is 5.55. The summed E-state index contributed by atoms with van der Waals surface area (Å²) < 4.78 is 67.8. The SMILES string of the molecule is Cc1cc(F)c([B]C2(F)C=CC=C(F)C2)c(F)c1F. The topological polar surface area (TPSA) is 0 Å². The van der Waals surface area contributed by atoms with Gasteiger partial charge in [0.2, 0.25) is 7.28 Å². The van der Waals surface area contributed by atoms with Gasteiger partial charge in [0.15, 0.2) is 11.6 Å². The Bertz CT molecular complexity index is 579. The summed E-state index contributed by atoms with van der Waals surface area (Å²) in [5, 5.41) is 0. The van der Waals surface area contributed by atoms with Gasteiger partial charge in [0.1, 0.15) is 17.2 Å². The molecule has 6 heteroatoms. The quantitative estimate of drug-likeness (QED) is 0.440. The number of rotatable bonds is 2. The van der Waals surface area contributed by atoms with Crippen LogP contribution in [-0.4, -0.2) is 12.8 Å². The number of benzene rings is 1. The van der Waals surface area contributed by atoms with E-state index in [4.69, 9.17) is 0 Å². The minimum atomic E-state index is -2.37. The number of halogens is 5. The van der Waals surface area contributed by atoms with Gasteiger partial charge >= 0.3 is 0 Å². The third-order valence-corrected chi connectivity index (χ3v) is 2.85. The first-order valence-electron chi connectivity index (χ1n) is 5.55. The average molecular weight is 271 g/mol. The van der Waals surface area contributed by atoms with E-state index >= 15 is 0 Å². The number of aryl methyl sites for hydroxylation is 1. The monoisotopic (exact) mass is 271 g/mol. The zero-order valence-corrected chi connectivity index (χ0v) is 9.98. The molecule has 0 saturated carbocycles. The lowest BCUT2D eigenvalue weighted by molar-refractivity contribution is 0.315. The van der Waals surface area contributed by atoms with Crippen LogP contribution in [0.5, 0.6) is 0 Å². The molecular formula is C13H9BF5. The third kappa shape index (κ3) is 2.72. The number of hydrogen-bond acceptors (Lipinski definition) is 0. The second-order valence-corrected chi connectivity index (χ2v) is 4.44. The Morgan fingerprint density at radius 2 is 1.84 bits per heavy atom. The van der Waals surface area contributed by atoms with E-state index in [1.807, 2.05) is 0 Å². The van der Waals surface area contributed by atoms with Gasteiger partial charge < -0.3 is 0 Å². The van der Waals surface area contributed by atoms with Crippen molar-refractivity contribution in [1.82, 2.24) is 0 Å². The lowest BCUT2D eigenvalue weighted by Crippen LogP contribution is -2.41. The van der Waals surface area contributed by atoms with Gasteiger partial charge in [-0.3, -0.25) is 0 Å². The van der Waals surface area contributed by atoms with E-state index < -0.39 is 40.7 Å². The lowest BCUT2D eigenvalue weighted by atomic mass is 9.54. The molecular weight excluding hydrogens is 262 g/mol. The predicted molar refractivity (Wildman–Crippen MR) is 63.2 cm³/mol. The molecule has 1 aliphatic carbocycles. The molecule has 0 aliphatic heterocycles. The molecule has 2 rings (SSSR count). The van der Waals surface area contributed by atoms with Crippen molar-refractivity contribution in [2.45, 2.75) is 18.9 Å². The number of hydrogen-bond donors (Lipinski definition) is 0. The molecule has 0 amide bonds. The van der Waals surface area contributed by atoms with E-state index in [0.717, 1.165) is 24.3 Å². The summed E-state index contributed by atoms with van der Waals surface area (Å²) in [6, 6.07) is 0.770. The summed E-state index contributed by atoms with van der Waals surface area (Å²) in [5.74, 6) is -4.56. The zero-order valence-electron chi connectivity index (χ0n) is 9.98. The van der Waals surface area contributed by atoms with Crippen molar-refractivity contribution in [3.05, 3.63) is 53.1 Å². The fourth-order valence-electron chi connectivity index (χ4n) is 1.89. The molecule has 99 valence electrons. The maximum atomic E-state index is 14.2. The van der Waals surface area contributed by atoms with Crippen LogP contribution >= 0.6 is 0 Å². The third-order valence-electron chi connectivity index (χ3n) is 2.85. The van der Waals surface area contributed by atoms with Gasteiger partial charge in [0.05, 0.1) is 0 Å². The minimum Gasteiger partial charge on any atom is -0.249 e. The Kier molecular flexibility index (Phi) is 3.52. The van der Waals surface area contributed by atoms with E-state index in [1.54, 1.807) is 0 Å². The van der Waals surface area contributed by atoms with E-state index in [-0.39, 0.29) is 5.56 Å². The largest absolute Gasteiger partial charge is 0.249 e. The summed E-state index contributed by atoms with van der Waals surface area (Å²) in [4.78, 5) is 0. The highest BCUT2D eigenvalue weighted by Crippen LogP contribution is 2.27. The summed E-state index contributed by atoms with van der Waals surface area (Å²) in [6.07, 6.45) is 2.45. The summed E-state index contributed by atoms with van der Waals surface area (Å²) in [6.45, 7) is 1.19. The molecule has 0 bridgehead atoms. The normalized spacial score (nSPS) is 22.3. The molecule has 1 atom stereocenters. The van der Waals surface area contributed by atoms with Gasteiger partial charge in [-0.2, -0.15) is 0 Å². The Labute approximate surface area is 107 Å². The highest BCUT2D eigenvalue weighted by Gasteiger charge is 2.34. The highest BCUT2D eigenvalue weighted by atomic mass is 19.2. The van der Waals surface area contributed by atoms with Gasteiger partial charge in [-0.05, 0) is 30.1 Å². The van der Waals surface area contributed by atoms with Gasteiger partial charge in [0, 0.05) is 6.42 Å². The standard InChI is InChI=1S/C13H9BF5/c1-7-5-9(16)10(12(18)11(7)17)14-13(19)4-2-3-8(15)6-13/h2-5H,6H2,1H3. The smallest absolute Gasteiger partial charge is 0.215 e. The van der Waals surface area contributed by atoms with Crippen LogP contribution in [0.3, 0.4) is 0 Å². The Balaban J connectivity index is 2.37. The molecule has 0 spiro atoms. The first kappa shape index (κ1) is 13.8. The average Bonchev–Trinajstić information content (AvgIpc) is 2.32. The molecule has 0 aromatic heterocycles. The minimum absolute atomic E-state index is 0.217. The fourth-order valence-corrected chi connectivity index (χ4v) is 1.89. The van der Waals surface area contributed by atoms with Crippen molar-refractivity contribution in [1.29, 1.82) is 0 Å². The van der Waals surface area contributed by atoms with E-state index in [9.17, 15) is 22.0 Å². The van der Waals surface area contributed by atoms with Crippen molar-refractivity contribution in [3.63, 3.8) is 0 Å². The van der Waals surface area contributed by atoms with Crippen molar-refractivity contribution in [2.75, 3.05) is 0 Å². The van der Waals surface area contributed by atoms with E-state index in [2.05, 4.69) is 0 Å². The maximum Gasteiger partial charge on any atom is 0.215 e. The Hall–Kier alpha value is -1.59. The molecule has 19 heavy (non-hydrogen) atoms. The molecule has 1 unspecified atom stereocenters. The summed E-state index contributed by atoms with van der Waals surface area (Å²) in [7, 11) is 0.559. The van der Waals surface area contributed by atoms with Gasteiger partial charge in [-0.25, -0.2) is 22.0 Å². The molecule has 0 fully saturated rings. The van der Waals surface area contributed by atoms with E-state index in [0.29, 0.717) is 7.28 Å². The summed E-state index contributed by atoms with van der Waals surface area (Å²) >= 11 is 0. The predicted octanol–water partition coefficient (Wildman–Crippen LogP) is 3.22. The molecule has 0 nitrogen and oxygen atoms in total. The second-order valence-electron chi connectivity index (χ2n) is 4.44. The van der Waals surface area contributed by atoms with Crippen LogP contribution in [0.2, 0.25) is 0 Å². The molecule has 0 saturated heterocycles. The molecule has 0 heterocycles. The van der Waals surface area contributed by atoms with Crippen LogP contribution < -0.4 is 5.46 Å². The van der Waals surface area contributed by atoms with Crippen LogP contribution in [0.25, 0.3) is 0 Å². The molecule has 1 radical (unpaired) electrons. The van der Waals surface area contributed by atoms with Crippen LogP contribution in [0.1, 0.15) is 12.0 Å². The van der Waals surface area contributed by atoms with E-state index in [1.165, 1.54) is 6.92 Å². The van der Waals surface area contributed by atoms with Crippen LogP contribution in [0.15, 0.2) is 30.1 Å². The van der Waals surface area contributed by atoms with Gasteiger partial charge in [0.25, 0.3) is 0 Å². The number of alkyl halides is 1. The summed E-state index contributed by atoms with van der Waals surface area (Å²) in [5.41, 5.74) is -3.42. The van der Waals surface area contributed by atoms with Gasteiger partial charge in [-0.1, -0.05) is 12.2 Å². The van der Waals surface area contributed by atoms with Crippen LogP contribution in [-0.2, 0) is 0 Å². The molecule has 0 N–H and O–H groups in total. The van der Waals surface area contributed by atoms with Crippen molar-refractivity contribution in [2.24, 2.45) is 0 Å². The Morgan fingerprint density at radius 1 is 1.16 bits per heavy atom. The fraction of sp³-hybridized carbons (Fsp3) is 0.231. The van der Waals surface area contributed by atoms with Crippen LogP contribution in [0, 0.1) is 24.4 Å². The maximum absolute atomic E-state index is 14.2. The lowest BCUT2D eigenvalue weighted by Gasteiger charge is -2.23. The highest BCUT2D eigenvalue weighted by molar-refractivity contribution is 6.57.